The first-order valence-electron chi connectivity index (χ1n) is 6.37. The lowest BCUT2D eigenvalue weighted by Gasteiger charge is -2.17. The fourth-order valence-corrected chi connectivity index (χ4v) is 1.88. The van der Waals surface area contributed by atoms with Crippen molar-refractivity contribution < 1.29 is 9.53 Å². The zero-order valence-corrected chi connectivity index (χ0v) is 11.3. The highest BCUT2D eigenvalue weighted by molar-refractivity contribution is 5.78. The number of hydrogen-bond donors (Lipinski definition) is 1. The van der Waals surface area contributed by atoms with E-state index in [0.717, 1.165) is 11.3 Å². The van der Waals surface area contributed by atoms with E-state index >= 15 is 0 Å². The monoisotopic (exact) mass is 271 g/mol. The van der Waals surface area contributed by atoms with Gasteiger partial charge < -0.3 is 10.1 Å². The number of nitrogens with one attached hydrogen (secondary N) is 1. The number of pyridine rings is 2. The molecule has 2 aromatic heterocycles. The molecule has 0 aliphatic rings. The van der Waals surface area contributed by atoms with Crippen LogP contribution in [0.3, 0.4) is 0 Å². The van der Waals surface area contributed by atoms with Crippen LogP contribution < -0.4 is 5.32 Å². The molecule has 0 saturated carbocycles. The molecule has 2 aromatic rings. The molecule has 0 aliphatic carbocycles. The summed E-state index contributed by atoms with van der Waals surface area (Å²) >= 11 is 0. The fourth-order valence-electron chi connectivity index (χ4n) is 1.88. The zero-order valence-electron chi connectivity index (χ0n) is 11.3. The number of carbonyl (C=O) groups excluding carboxylic acids is 1. The van der Waals surface area contributed by atoms with E-state index in [1.807, 2.05) is 30.3 Å². The van der Waals surface area contributed by atoms with Crippen molar-refractivity contribution in [3.05, 3.63) is 60.2 Å². The molecular formula is C15H17N3O2. The lowest BCUT2D eigenvalue weighted by atomic mass is 10.1. The normalized spacial score (nSPS) is 11.8. The van der Waals surface area contributed by atoms with Crippen LogP contribution in [0.2, 0.25) is 0 Å². The van der Waals surface area contributed by atoms with Crippen molar-refractivity contribution in [1.82, 2.24) is 15.3 Å². The van der Waals surface area contributed by atoms with Gasteiger partial charge in [-0.25, -0.2) is 0 Å². The van der Waals surface area contributed by atoms with Gasteiger partial charge in [0.1, 0.15) is 0 Å². The first kappa shape index (κ1) is 14.1. The summed E-state index contributed by atoms with van der Waals surface area (Å²) < 4.78 is 5.14. The van der Waals surface area contributed by atoms with Crippen molar-refractivity contribution in [3.8, 4) is 0 Å². The molecule has 0 saturated heterocycles. The molecule has 0 aromatic carbocycles. The highest BCUT2D eigenvalue weighted by Gasteiger charge is 2.15. The summed E-state index contributed by atoms with van der Waals surface area (Å²) in [6.07, 6.45) is 5.36. The quantitative estimate of drug-likeness (QED) is 0.865. The van der Waals surface area contributed by atoms with E-state index in [0.29, 0.717) is 13.0 Å². The summed E-state index contributed by atoms with van der Waals surface area (Å²) in [5.74, 6) is -0.0781. The molecule has 0 bridgehead atoms. The van der Waals surface area contributed by atoms with Gasteiger partial charge >= 0.3 is 0 Å². The smallest absolute Gasteiger partial charge is 0.225 e. The lowest BCUT2D eigenvalue weighted by molar-refractivity contribution is -0.121. The maximum Gasteiger partial charge on any atom is 0.225 e. The second kappa shape index (κ2) is 7.35. The van der Waals surface area contributed by atoms with Gasteiger partial charge in [0.05, 0.1) is 24.8 Å². The minimum atomic E-state index is -0.245. The molecule has 0 aliphatic heterocycles. The van der Waals surface area contributed by atoms with Crippen molar-refractivity contribution in [2.75, 3.05) is 13.7 Å². The van der Waals surface area contributed by atoms with Gasteiger partial charge in [-0.1, -0.05) is 12.1 Å². The van der Waals surface area contributed by atoms with Gasteiger partial charge in [-0.3, -0.25) is 14.8 Å². The number of amides is 1. The molecule has 2 rings (SSSR count). The predicted octanol–water partition coefficient (Wildman–Crippen LogP) is 1.52. The van der Waals surface area contributed by atoms with Crippen LogP contribution in [-0.2, 0) is 16.0 Å². The summed E-state index contributed by atoms with van der Waals surface area (Å²) in [6, 6.07) is 9.04. The average molecular weight is 271 g/mol. The topological polar surface area (TPSA) is 64.1 Å². The summed E-state index contributed by atoms with van der Waals surface area (Å²) in [5.41, 5.74) is 1.66. The molecule has 5 heteroatoms. The standard InChI is InChI=1S/C15H17N3O2/c1-20-11-14(13-6-2-3-8-17-13)18-15(19)9-12-5-4-7-16-10-12/h2-8,10,14H,9,11H2,1H3,(H,18,19)/t14-/m1/s1. The molecule has 20 heavy (non-hydrogen) atoms. The Morgan fingerprint density at radius 3 is 2.85 bits per heavy atom. The van der Waals surface area contributed by atoms with Gasteiger partial charge in [0.25, 0.3) is 0 Å². The minimum Gasteiger partial charge on any atom is -0.382 e. The molecule has 2 heterocycles. The molecule has 1 atom stereocenters. The molecule has 0 radical (unpaired) electrons. The number of ether oxygens (including phenoxy) is 1. The number of aromatic nitrogens is 2. The number of methoxy groups -OCH3 is 1. The van der Waals surface area contributed by atoms with Crippen LogP contribution in [0.4, 0.5) is 0 Å². The van der Waals surface area contributed by atoms with E-state index in [4.69, 9.17) is 4.74 Å². The molecule has 0 spiro atoms. The highest BCUT2D eigenvalue weighted by atomic mass is 16.5. The Morgan fingerprint density at radius 2 is 2.20 bits per heavy atom. The molecule has 0 unspecified atom stereocenters. The molecular weight excluding hydrogens is 254 g/mol. The average Bonchev–Trinajstić information content (AvgIpc) is 2.49. The SMILES string of the molecule is COC[C@@H](NC(=O)Cc1cccnc1)c1ccccn1. The van der Waals surface area contributed by atoms with Gasteiger partial charge in [0.2, 0.25) is 5.91 Å². The number of carbonyl (C=O) groups is 1. The van der Waals surface area contributed by atoms with Crippen molar-refractivity contribution in [3.63, 3.8) is 0 Å². The maximum atomic E-state index is 12.0. The van der Waals surface area contributed by atoms with Gasteiger partial charge in [0.15, 0.2) is 0 Å². The van der Waals surface area contributed by atoms with Crippen LogP contribution in [-0.4, -0.2) is 29.6 Å². The van der Waals surface area contributed by atoms with Crippen LogP contribution in [0, 0.1) is 0 Å². The molecule has 104 valence electrons. The number of nitrogens with zero attached hydrogens (tertiary/aromatic N) is 2. The maximum absolute atomic E-state index is 12.0. The summed E-state index contributed by atoms with van der Waals surface area (Å²) in [6.45, 7) is 0.385. The number of hydrogen-bond acceptors (Lipinski definition) is 4. The van der Waals surface area contributed by atoms with Crippen LogP contribution in [0.15, 0.2) is 48.9 Å². The first-order chi connectivity index (χ1) is 9.79. The van der Waals surface area contributed by atoms with E-state index < -0.39 is 0 Å². The highest BCUT2D eigenvalue weighted by Crippen LogP contribution is 2.10. The lowest BCUT2D eigenvalue weighted by Crippen LogP contribution is -2.33. The van der Waals surface area contributed by atoms with Gasteiger partial charge in [-0.15, -0.1) is 0 Å². The summed E-state index contributed by atoms with van der Waals surface area (Å²) in [7, 11) is 1.60. The van der Waals surface area contributed by atoms with E-state index in [1.165, 1.54) is 0 Å². The van der Waals surface area contributed by atoms with Crippen LogP contribution in [0.1, 0.15) is 17.3 Å². The Balaban J connectivity index is 1.99. The Hall–Kier alpha value is -2.27. The third kappa shape index (κ3) is 4.13. The van der Waals surface area contributed by atoms with E-state index in [-0.39, 0.29) is 11.9 Å². The Kier molecular flexibility index (Phi) is 5.20. The van der Waals surface area contributed by atoms with Crippen LogP contribution in [0.25, 0.3) is 0 Å². The van der Waals surface area contributed by atoms with E-state index in [2.05, 4.69) is 15.3 Å². The second-order valence-electron chi connectivity index (χ2n) is 4.37. The number of rotatable bonds is 6. The van der Waals surface area contributed by atoms with E-state index in [9.17, 15) is 4.79 Å². The summed E-state index contributed by atoms with van der Waals surface area (Å²) in [5, 5.41) is 2.93. The minimum absolute atomic E-state index is 0.0781. The Bertz CT molecular complexity index is 531. The Morgan fingerprint density at radius 1 is 1.30 bits per heavy atom. The van der Waals surface area contributed by atoms with Gasteiger partial charge in [-0.2, -0.15) is 0 Å². The Labute approximate surface area is 118 Å². The second-order valence-corrected chi connectivity index (χ2v) is 4.37. The van der Waals surface area contributed by atoms with Crippen LogP contribution in [0.5, 0.6) is 0 Å². The zero-order chi connectivity index (χ0) is 14.2. The predicted molar refractivity (Wildman–Crippen MR) is 74.9 cm³/mol. The van der Waals surface area contributed by atoms with Crippen LogP contribution >= 0.6 is 0 Å². The molecule has 0 fully saturated rings. The fraction of sp³-hybridized carbons (Fsp3) is 0.267. The largest absolute Gasteiger partial charge is 0.382 e. The first-order valence-corrected chi connectivity index (χ1v) is 6.37. The van der Waals surface area contributed by atoms with Crippen molar-refractivity contribution in [1.29, 1.82) is 0 Å². The third-order valence-electron chi connectivity index (χ3n) is 2.80. The molecule has 1 N–H and O–H groups in total. The summed E-state index contributed by atoms with van der Waals surface area (Å²) in [4.78, 5) is 20.3. The van der Waals surface area contributed by atoms with Gasteiger partial charge in [0, 0.05) is 25.7 Å². The van der Waals surface area contributed by atoms with Crippen molar-refractivity contribution >= 4 is 5.91 Å². The molecule has 1 amide bonds. The van der Waals surface area contributed by atoms with E-state index in [1.54, 1.807) is 25.7 Å². The van der Waals surface area contributed by atoms with Crippen molar-refractivity contribution in [2.45, 2.75) is 12.5 Å². The van der Waals surface area contributed by atoms with Gasteiger partial charge in [-0.05, 0) is 23.8 Å². The molecule has 5 nitrogen and oxygen atoms in total. The third-order valence-corrected chi connectivity index (χ3v) is 2.80. The van der Waals surface area contributed by atoms with Crippen molar-refractivity contribution in [2.24, 2.45) is 0 Å².